The molecule has 19 heavy (non-hydrogen) atoms. The van der Waals surface area contributed by atoms with Crippen LogP contribution in [0.3, 0.4) is 0 Å². The third-order valence-corrected chi connectivity index (χ3v) is 3.25. The van der Waals surface area contributed by atoms with Crippen molar-refractivity contribution in [3.8, 4) is 5.75 Å². The molecule has 1 aromatic carbocycles. The molecule has 1 fully saturated rings. The summed E-state index contributed by atoms with van der Waals surface area (Å²) in [4.78, 5) is 0. The van der Waals surface area contributed by atoms with Gasteiger partial charge in [-0.25, -0.2) is 0 Å². The van der Waals surface area contributed by atoms with Crippen LogP contribution in [0.1, 0.15) is 36.4 Å². The van der Waals surface area contributed by atoms with Crippen LogP contribution in [0.4, 0.5) is 13.2 Å². The van der Waals surface area contributed by atoms with Gasteiger partial charge in [0.05, 0.1) is 12.7 Å². The molecule has 1 aliphatic carbocycles. The molecule has 0 heterocycles. The van der Waals surface area contributed by atoms with E-state index in [-0.39, 0.29) is 23.7 Å². The Morgan fingerprint density at radius 1 is 1.37 bits per heavy atom. The Balaban J connectivity index is 0.00000180. The molecule has 0 bridgehead atoms. The largest absolute Gasteiger partial charge is 0.497 e. The maximum atomic E-state index is 13.0. The van der Waals surface area contributed by atoms with Gasteiger partial charge in [-0.15, -0.1) is 12.4 Å². The van der Waals surface area contributed by atoms with Crippen LogP contribution >= 0.6 is 12.4 Å². The molecule has 0 radical (unpaired) electrons. The van der Waals surface area contributed by atoms with E-state index in [9.17, 15) is 13.2 Å². The lowest BCUT2D eigenvalue weighted by Crippen LogP contribution is -2.18. The van der Waals surface area contributed by atoms with Gasteiger partial charge in [-0.3, -0.25) is 0 Å². The van der Waals surface area contributed by atoms with Crippen LogP contribution in [0.2, 0.25) is 0 Å². The van der Waals surface area contributed by atoms with Crippen molar-refractivity contribution in [3.05, 3.63) is 29.3 Å². The minimum Gasteiger partial charge on any atom is -0.497 e. The number of nitrogens with two attached hydrogens (primary N) is 1. The zero-order chi connectivity index (χ0) is 13.3. The van der Waals surface area contributed by atoms with Crippen LogP contribution in [0.15, 0.2) is 18.2 Å². The molecule has 2 N–H and O–H groups in total. The second-order valence-corrected chi connectivity index (χ2v) is 4.74. The topological polar surface area (TPSA) is 35.2 Å². The minimum absolute atomic E-state index is 0. The summed E-state index contributed by atoms with van der Waals surface area (Å²) in [5.74, 6) is 0.688. The van der Waals surface area contributed by atoms with E-state index < -0.39 is 17.8 Å². The molecule has 2 nitrogen and oxygen atoms in total. The Labute approximate surface area is 116 Å². The Bertz CT molecular complexity index is 432. The van der Waals surface area contributed by atoms with Crippen molar-refractivity contribution < 1.29 is 17.9 Å². The number of methoxy groups -OCH3 is 1. The summed E-state index contributed by atoms with van der Waals surface area (Å²) < 4.78 is 43.7. The van der Waals surface area contributed by atoms with E-state index in [4.69, 9.17) is 10.5 Å². The van der Waals surface area contributed by atoms with Crippen LogP contribution in [-0.4, -0.2) is 7.11 Å². The predicted molar refractivity (Wildman–Crippen MR) is 69.5 cm³/mol. The highest BCUT2D eigenvalue weighted by Gasteiger charge is 2.36. The minimum atomic E-state index is -4.40. The Hall–Kier alpha value is -0.940. The first-order valence-corrected chi connectivity index (χ1v) is 5.92. The van der Waals surface area contributed by atoms with Gasteiger partial charge in [0.2, 0.25) is 0 Å². The lowest BCUT2D eigenvalue weighted by Gasteiger charge is -2.19. The number of hydrogen-bond acceptors (Lipinski definition) is 2. The first-order chi connectivity index (χ1) is 8.41. The summed E-state index contributed by atoms with van der Waals surface area (Å²) in [6.45, 7) is 0. The molecular weight excluding hydrogens is 279 g/mol. The van der Waals surface area contributed by atoms with E-state index in [0.29, 0.717) is 12.3 Å². The highest BCUT2D eigenvalue weighted by atomic mass is 35.5. The molecule has 0 aromatic heterocycles. The van der Waals surface area contributed by atoms with E-state index in [1.807, 2.05) is 0 Å². The van der Waals surface area contributed by atoms with Gasteiger partial charge in [-0.2, -0.15) is 13.2 Å². The van der Waals surface area contributed by atoms with Crippen molar-refractivity contribution in [2.45, 2.75) is 31.5 Å². The van der Waals surface area contributed by atoms with E-state index in [2.05, 4.69) is 0 Å². The molecule has 2 rings (SSSR count). The summed E-state index contributed by atoms with van der Waals surface area (Å²) >= 11 is 0. The first kappa shape index (κ1) is 16.1. The molecular formula is C13H17ClF3NO. The first-order valence-electron chi connectivity index (χ1n) is 5.92. The SMILES string of the molecule is COc1ccc([C@H](N)CC2CC2)c(C(F)(F)F)c1.Cl. The second-order valence-electron chi connectivity index (χ2n) is 4.74. The fourth-order valence-corrected chi connectivity index (χ4v) is 2.07. The highest BCUT2D eigenvalue weighted by molar-refractivity contribution is 5.85. The van der Waals surface area contributed by atoms with Crippen molar-refractivity contribution in [2.24, 2.45) is 11.7 Å². The van der Waals surface area contributed by atoms with Gasteiger partial charge in [0.25, 0.3) is 0 Å². The zero-order valence-corrected chi connectivity index (χ0v) is 11.4. The van der Waals surface area contributed by atoms with Gasteiger partial charge in [0.15, 0.2) is 0 Å². The van der Waals surface area contributed by atoms with Gasteiger partial charge in [-0.05, 0) is 30.0 Å². The van der Waals surface area contributed by atoms with Gasteiger partial charge in [0, 0.05) is 6.04 Å². The number of ether oxygens (including phenoxy) is 1. The van der Waals surface area contributed by atoms with Gasteiger partial charge < -0.3 is 10.5 Å². The molecule has 1 saturated carbocycles. The maximum absolute atomic E-state index is 13.0. The van der Waals surface area contributed by atoms with E-state index >= 15 is 0 Å². The monoisotopic (exact) mass is 295 g/mol. The lowest BCUT2D eigenvalue weighted by atomic mass is 9.96. The molecule has 0 aliphatic heterocycles. The van der Waals surface area contributed by atoms with Gasteiger partial charge >= 0.3 is 6.18 Å². The van der Waals surface area contributed by atoms with Crippen LogP contribution in [-0.2, 0) is 6.18 Å². The number of benzene rings is 1. The number of rotatable bonds is 4. The summed E-state index contributed by atoms with van der Waals surface area (Å²) in [6.07, 6.45) is -1.63. The summed E-state index contributed by atoms with van der Waals surface area (Å²) in [5.41, 5.74) is 5.36. The molecule has 108 valence electrons. The normalized spacial score (nSPS) is 16.7. The third kappa shape index (κ3) is 4.01. The zero-order valence-electron chi connectivity index (χ0n) is 10.5. The molecule has 1 aromatic rings. The molecule has 1 atom stereocenters. The van der Waals surface area contributed by atoms with Crippen LogP contribution in [0, 0.1) is 5.92 Å². The second kappa shape index (κ2) is 6.01. The summed E-state index contributed by atoms with van der Waals surface area (Å²) in [5, 5.41) is 0. The molecule has 1 aliphatic rings. The highest BCUT2D eigenvalue weighted by Crippen LogP contribution is 2.41. The molecule has 6 heteroatoms. The van der Waals surface area contributed by atoms with E-state index in [0.717, 1.165) is 18.9 Å². The molecule has 0 spiro atoms. The molecule has 0 saturated heterocycles. The van der Waals surface area contributed by atoms with Crippen LogP contribution in [0.5, 0.6) is 5.75 Å². The average Bonchev–Trinajstić information content (AvgIpc) is 3.11. The van der Waals surface area contributed by atoms with Crippen LogP contribution in [0.25, 0.3) is 0 Å². The smallest absolute Gasteiger partial charge is 0.416 e. The van der Waals surface area contributed by atoms with Gasteiger partial charge in [0.1, 0.15) is 5.75 Å². The fraction of sp³-hybridized carbons (Fsp3) is 0.538. The van der Waals surface area contributed by atoms with Crippen molar-refractivity contribution in [3.63, 3.8) is 0 Å². The van der Waals surface area contributed by atoms with E-state index in [1.54, 1.807) is 0 Å². The third-order valence-electron chi connectivity index (χ3n) is 3.25. The predicted octanol–water partition coefficient (Wildman–Crippen LogP) is 3.94. The van der Waals surface area contributed by atoms with Crippen molar-refractivity contribution in [1.29, 1.82) is 0 Å². The summed E-state index contributed by atoms with van der Waals surface area (Å²) in [6, 6.07) is 3.41. The summed E-state index contributed by atoms with van der Waals surface area (Å²) in [7, 11) is 1.35. The Kier molecular flexibility index (Phi) is 5.10. The maximum Gasteiger partial charge on any atom is 0.416 e. The number of halogens is 4. The van der Waals surface area contributed by atoms with Crippen molar-refractivity contribution >= 4 is 12.4 Å². The van der Waals surface area contributed by atoms with Crippen molar-refractivity contribution in [2.75, 3.05) is 7.11 Å². The quantitative estimate of drug-likeness (QED) is 0.913. The lowest BCUT2D eigenvalue weighted by molar-refractivity contribution is -0.138. The Morgan fingerprint density at radius 3 is 2.47 bits per heavy atom. The Morgan fingerprint density at radius 2 is 2.00 bits per heavy atom. The molecule has 0 amide bonds. The fourth-order valence-electron chi connectivity index (χ4n) is 2.07. The number of alkyl halides is 3. The van der Waals surface area contributed by atoms with Crippen molar-refractivity contribution in [1.82, 2.24) is 0 Å². The van der Waals surface area contributed by atoms with Gasteiger partial charge in [-0.1, -0.05) is 18.9 Å². The average molecular weight is 296 g/mol. The van der Waals surface area contributed by atoms with Crippen LogP contribution < -0.4 is 10.5 Å². The molecule has 0 unspecified atom stereocenters. The standard InChI is InChI=1S/C13H16F3NO.ClH/c1-18-9-4-5-10(11(7-9)13(14,15)16)12(17)6-8-2-3-8;/h4-5,7-8,12H,2-3,6,17H2,1H3;1H/t12-;/m1./s1. The number of hydrogen-bond donors (Lipinski definition) is 1. The van der Waals surface area contributed by atoms with E-state index in [1.165, 1.54) is 19.2 Å².